The molecule has 0 aromatic heterocycles. The second kappa shape index (κ2) is 8.01. The van der Waals surface area contributed by atoms with Crippen LogP contribution >= 0.6 is 0 Å². The summed E-state index contributed by atoms with van der Waals surface area (Å²) in [5.74, 6) is 1.84. The maximum absolute atomic E-state index is 13.5. The number of sulfonamides is 1. The largest absolute Gasteiger partial charge is 0.497 e. The SMILES string of the molecule is COc1ccc(C2CCCCCN2S(=O)(=O)c2ccc3c(c2)OCCO3)cc1. The molecule has 0 saturated carbocycles. The van der Waals surface area contributed by atoms with E-state index in [4.69, 9.17) is 14.2 Å². The van der Waals surface area contributed by atoms with E-state index in [0.29, 0.717) is 31.3 Å². The van der Waals surface area contributed by atoms with E-state index in [1.165, 1.54) is 0 Å². The smallest absolute Gasteiger partial charge is 0.243 e. The Labute approximate surface area is 166 Å². The van der Waals surface area contributed by atoms with Crippen molar-refractivity contribution in [3.8, 4) is 17.2 Å². The molecule has 0 spiro atoms. The highest BCUT2D eigenvalue weighted by Gasteiger charge is 2.34. The first-order valence-electron chi connectivity index (χ1n) is 9.65. The fourth-order valence-corrected chi connectivity index (χ4v) is 5.55. The van der Waals surface area contributed by atoms with E-state index in [0.717, 1.165) is 37.0 Å². The van der Waals surface area contributed by atoms with Gasteiger partial charge in [-0.05, 0) is 42.7 Å². The summed E-state index contributed by atoms with van der Waals surface area (Å²) in [6, 6.07) is 12.4. The molecule has 0 bridgehead atoms. The van der Waals surface area contributed by atoms with Crippen LogP contribution in [-0.4, -0.2) is 39.6 Å². The maximum atomic E-state index is 13.5. The highest BCUT2D eigenvalue weighted by atomic mass is 32.2. The Morgan fingerprint density at radius 1 is 0.964 bits per heavy atom. The highest BCUT2D eigenvalue weighted by molar-refractivity contribution is 7.89. The average molecular weight is 404 g/mol. The summed E-state index contributed by atoms with van der Waals surface area (Å²) in [6.07, 6.45) is 3.69. The van der Waals surface area contributed by atoms with Crippen LogP contribution in [0.15, 0.2) is 47.4 Å². The molecule has 7 heteroatoms. The monoisotopic (exact) mass is 403 g/mol. The summed E-state index contributed by atoms with van der Waals surface area (Å²) in [6.45, 7) is 1.41. The fourth-order valence-electron chi connectivity index (χ4n) is 3.85. The Morgan fingerprint density at radius 3 is 2.46 bits per heavy atom. The molecule has 1 fully saturated rings. The summed E-state index contributed by atoms with van der Waals surface area (Å²) < 4.78 is 45.1. The molecule has 2 aliphatic heterocycles. The summed E-state index contributed by atoms with van der Waals surface area (Å²) in [5.41, 5.74) is 0.990. The lowest BCUT2D eigenvalue weighted by molar-refractivity contribution is 0.171. The second-order valence-corrected chi connectivity index (χ2v) is 8.95. The first kappa shape index (κ1) is 19.1. The molecule has 2 aromatic carbocycles. The molecule has 28 heavy (non-hydrogen) atoms. The normalized spacial score (nSPS) is 20.4. The molecular formula is C21H25NO5S. The number of rotatable bonds is 4. The van der Waals surface area contributed by atoms with Crippen LogP contribution < -0.4 is 14.2 Å². The molecule has 0 radical (unpaired) electrons. The molecule has 4 rings (SSSR count). The second-order valence-electron chi connectivity index (χ2n) is 7.06. The van der Waals surface area contributed by atoms with E-state index in [-0.39, 0.29) is 10.9 Å². The average Bonchev–Trinajstić information content (AvgIpc) is 3.00. The van der Waals surface area contributed by atoms with Crippen molar-refractivity contribution in [3.63, 3.8) is 0 Å². The van der Waals surface area contributed by atoms with Gasteiger partial charge in [0.1, 0.15) is 19.0 Å². The molecule has 1 unspecified atom stereocenters. The minimum atomic E-state index is -3.67. The molecule has 0 N–H and O–H groups in total. The van der Waals surface area contributed by atoms with Gasteiger partial charge in [0.25, 0.3) is 0 Å². The van der Waals surface area contributed by atoms with Gasteiger partial charge in [-0.3, -0.25) is 0 Å². The number of fused-ring (bicyclic) bond motifs is 1. The molecule has 2 aliphatic rings. The summed E-state index contributed by atoms with van der Waals surface area (Å²) >= 11 is 0. The van der Waals surface area contributed by atoms with Crippen LogP contribution in [0.1, 0.15) is 37.3 Å². The van der Waals surface area contributed by atoms with Gasteiger partial charge in [-0.2, -0.15) is 4.31 Å². The number of methoxy groups -OCH3 is 1. The van der Waals surface area contributed by atoms with Crippen LogP contribution in [0.3, 0.4) is 0 Å². The molecule has 6 nitrogen and oxygen atoms in total. The van der Waals surface area contributed by atoms with Crippen molar-refractivity contribution in [1.82, 2.24) is 4.31 Å². The third kappa shape index (κ3) is 3.69. The third-order valence-corrected chi connectivity index (χ3v) is 7.23. The standard InChI is InChI=1S/C21H25NO5S/c1-25-17-8-6-16(7-9-17)19-5-3-2-4-12-22(19)28(23,24)18-10-11-20-21(15-18)27-14-13-26-20/h6-11,15,19H,2-5,12-14H2,1H3. The highest BCUT2D eigenvalue weighted by Crippen LogP contribution is 2.38. The molecule has 2 heterocycles. The van der Waals surface area contributed by atoms with Gasteiger partial charge in [0.2, 0.25) is 10.0 Å². The van der Waals surface area contributed by atoms with E-state index in [1.807, 2.05) is 24.3 Å². The number of hydrogen-bond acceptors (Lipinski definition) is 5. The zero-order valence-corrected chi connectivity index (χ0v) is 16.8. The van der Waals surface area contributed by atoms with E-state index in [1.54, 1.807) is 29.6 Å². The van der Waals surface area contributed by atoms with Crippen LogP contribution in [0.5, 0.6) is 17.2 Å². The van der Waals surface area contributed by atoms with Crippen molar-refractivity contribution in [2.75, 3.05) is 26.9 Å². The Morgan fingerprint density at radius 2 is 1.71 bits per heavy atom. The van der Waals surface area contributed by atoms with Gasteiger partial charge in [0.15, 0.2) is 11.5 Å². The quantitative estimate of drug-likeness (QED) is 0.777. The van der Waals surface area contributed by atoms with Crippen LogP contribution in [-0.2, 0) is 10.0 Å². The Bertz CT molecular complexity index is 926. The van der Waals surface area contributed by atoms with Crippen molar-refractivity contribution in [1.29, 1.82) is 0 Å². The molecule has 150 valence electrons. The minimum absolute atomic E-state index is 0.188. The number of benzene rings is 2. The van der Waals surface area contributed by atoms with Crippen molar-refractivity contribution in [3.05, 3.63) is 48.0 Å². The van der Waals surface area contributed by atoms with Crippen molar-refractivity contribution >= 4 is 10.0 Å². The van der Waals surface area contributed by atoms with Gasteiger partial charge in [0.05, 0.1) is 18.0 Å². The van der Waals surface area contributed by atoms with Crippen LogP contribution in [0.25, 0.3) is 0 Å². The van der Waals surface area contributed by atoms with Crippen molar-refractivity contribution in [2.45, 2.75) is 36.6 Å². The number of hydrogen-bond donors (Lipinski definition) is 0. The predicted octanol–water partition coefficient (Wildman–Crippen LogP) is 3.77. The van der Waals surface area contributed by atoms with Crippen LogP contribution in [0.4, 0.5) is 0 Å². The Hall–Kier alpha value is -2.25. The van der Waals surface area contributed by atoms with Crippen LogP contribution in [0, 0.1) is 0 Å². The first-order chi connectivity index (χ1) is 13.6. The number of nitrogens with zero attached hydrogens (tertiary/aromatic N) is 1. The zero-order valence-electron chi connectivity index (χ0n) is 16.0. The molecule has 1 saturated heterocycles. The van der Waals surface area contributed by atoms with Gasteiger partial charge in [-0.25, -0.2) is 8.42 Å². The van der Waals surface area contributed by atoms with Crippen molar-refractivity contribution < 1.29 is 22.6 Å². The van der Waals surface area contributed by atoms with Gasteiger partial charge < -0.3 is 14.2 Å². The summed E-state index contributed by atoms with van der Waals surface area (Å²) in [5, 5.41) is 0. The third-order valence-electron chi connectivity index (χ3n) is 5.32. The lowest BCUT2D eigenvalue weighted by Gasteiger charge is -2.30. The van der Waals surface area contributed by atoms with Crippen LogP contribution in [0.2, 0.25) is 0 Å². The summed E-state index contributed by atoms with van der Waals surface area (Å²) in [7, 11) is -2.04. The van der Waals surface area contributed by atoms with Crippen molar-refractivity contribution in [2.24, 2.45) is 0 Å². The molecule has 0 amide bonds. The molecule has 2 aromatic rings. The van der Waals surface area contributed by atoms with E-state index in [2.05, 4.69) is 0 Å². The topological polar surface area (TPSA) is 65.1 Å². The van der Waals surface area contributed by atoms with E-state index < -0.39 is 10.0 Å². The predicted molar refractivity (Wildman–Crippen MR) is 106 cm³/mol. The zero-order chi connectivity index (χ0) is 19.6. The maximum Gasteiger partial charge on any atom is 0.243 e. The van der Waals surface area contributed by atoms with Gasteiger partial charge in [-0.15, -0.1) is 0 Å². The lowest BCUT2D eigenvalue weighted by atomic mass is 10.0. The fraction of sp³-hybridized carbons (Fsp3) is 0.429. The van der Waals surface area contributed by atoms with Gasteiger partial charge in [-0.1, -0.05) is 25.0 Å². The summed E-state index contributed by atoms with van der Waals surface area (Å²) in [4.78, 5) is 0.247. The van der Waals surface area contributed by atoms with Gasteiger partial charge >= 0.3 is 0 Å². The molecular weight excluding hydrogens is 378 g/mol. The van der Waals surface area contributed by atoms with Gasteiger partial charge in [0, 0.05) is 12.6 Å². The Kier molecular flexibility index (Phi) is 5.46. The lowest BCUT2D eigenvalue weighted by Crippen LogP contribution is -2.35. The Balaban J connectivity index is 1.70. The molecule has 0 aliphatic carbocycles. The molecule has 1 atom stereocenters. The first-order valence-corrected chi connectivity index (χ1v) is 11.1. The van der Waals surface area contributed by atoms with E-state index >= 15 is 0 Å². The number of ether oxygens (including phenoxy) is 3. The van der Waals surface area contributed by atoms with E-state index in [9.17, 15) is 8.42 Å². The minimum Gasteiger partial charge on any atom is -0.497 e.